The van der Waals surface area contributed by atoms with Crippen LogP contribution < -0.4 is 4.74 Å². The number of rotatable bonds is 5. The number of carbonyl (C=O) groups is 1. The second kappa shape index (κ2) is 7.20. The van der Waals surface area contributed by atoms with Gasteiger partial charge in [0.05, 0.1) is 7.11 Å². The third kappa shape index (κ3) is 4.37. The topological polar surface area (TPSA) is 53.4 Å². The van der Waals surface area contributed by atoms with E-state index in [4.69, 9.17) is 4.74 Å². The Balaban J connectivity index is 2.13. The quantitative estimate of drug-likeness (QED) is 0.619. The molecule has 0 aliphatic heterocycles. The van der Waals surface area contributed by atoms with E-state index in [1.54, 1.807) is 24.3 Å². The summed E-state index contributed by atoms with van der Waals surface area (Å²) >= 11 is 0. The van der Waals surface area contributed by atoms with E-state index in [-0.39, 0.29) is 0 Å². The number of halogens is 3. The molecule has 8 heteroatoms. The highest BCUT2D eigenvalue weighted by atomic mass is 19.4. The lowest BCUT2D eigenvalue weighted by atomic mass is 10.2. The molecule has 1 atom stereocenters. The predicted octanol–water partition coefficient (Wildman–Crippen LogP) is 3.29. The number of ether oxygens (including phenoxy) is 2. The lowest BCUT2D eigenvalue weighted by Crippen LogP contribution is -2.28. The van der Waals surface area contributed by atoms with E-state index < -0.39 is 24.1 Å². The number of aryl methyl sites for hydroxylation is 1. The fourth-order valence-electron chi connectivity index (χ4n) is 1.96. The van der Waals surface area contributed by atoms with Gasteiger partial charge in [0.15, 0.2) is 5.82 Å². The number of hydrogen-bond acceptors (Lipinski definition) is 4. The summed E-state index contributed by atoms with van der Waals surface area (Å²) in [7, 11) is 2.87. The monoisotopic (exact) mass is 340 g/mol. The molecule has 1 aromatic carbocycles. The van der Waals surface area contributed by atoms with Crippen LogP contribution in [0.15, 0.2) is 42.7 Å². The maximum Gasteiger partial charge on any atom is 0.432 e. The molecular weight excluding hydrogens is 325 g/mol. The second-order valence-electron chi connectivity index (χ2n) is 4.86. The Kier molecular flexibility index (Phi) is 5.28. The first-order valence-corrected chi connectivity index (χ1v) is 6.88. The Hall–Kier alpha value is -2.77. The number of hydrogen-bond donors (Lipinski definition) is 0. The number of esters is 1. The Morgan fingerprint density at radius 1 is 1.38 bits per heavy atom. The van der Waals surface area contributed by atoms with Crippen molar-refractivity contribution in [3.8, 4) is 5.75 Å². The molecular formula is C16H15F3N2O3. The molecule has 0 N–H and O–H groups in total. The molecule has 0 radical (unpaired) electrons. The molecule has 128 valence electrons. The molecule has 0 bridgehead atoms. The number of aromatic nitrogens is 2. The Bertz CT molecular complexity index is 738. The van der Waals surface area contributed by atoms with Gasteiger partial charge in [0.25, 0.3) is 6.10 Å². The Labute approximate surface area is 136 Å². The smallest absolute Gasteiger partial charge is 0.432 e. The molecule has 0 fully saturated rings. The zero-order valence-corrected chi connectivity index (χ0v) is 12.9. The SMILES string of the molecule is COc1cccc(/C=C/C(=O)OC(c2nccn2C)C(F)(F)F)c1. The van der Waals surface area contributed by atoms with E-state index in [0.717, 1.165) is 10.6 Å². The van der Waals surface area contributed by atoms with Crippen molar-refractivity contribution < 1.29 is 27.4 Å². The van der Waals surface area contributed by atoms with Crippen LogP contribution in [0.3, 0.4) is 0 Å². The highest BCUT2D eigenvalue weighted by Crippen LogP contribution is 2.35. The number of nitrogens with zero attached hydrogens (tertiary/aromatic N) is 2. The molecule has 24 heavy (non-hydrogen) atoms. The summed E-state index contributed by atoms with van der Waals surface area (Å²) in [5.74, 6) is -0.958. The molecule has 0 aliphatic carbocycles. The van der Waals surface area contributed by atoms with Gasteiger partial charge in [0.1, 0.15) is 5.75 Å². The van der Waals surface area contributed by atoms with Crippen molar-refractivity contribution in [3.63, 3.8) is 0 Å². The summed E-state index contributed by atoms with van der Waals surface area (Å²) in [6, 6.07) is 6.70. The molecule has 0 saturated heterocycles. The summed E-state index contributed by atoms with van der Waals surface area (Å²) in [6.45, 7) is 0. The predicted molar refractivity (Wildman–Crippen MR) is 80.1 cm³/mol. The average molecular weight is 340 g/mol. The number of carbonyl (C=O) groups excluding carboxylic acids is 1. The minimum absolute atomic E-state index is 0.398. The van der Waals surface area contributed by atoms with Crippen LogP contribution in [0.1, 0.15) is 17.5 Å². The van der Waals surface area contributed by atoms with Gasteiger partial charge in [-0.25, -0.2) is 9.78 Å². The molecule has 2 rings (SSSR count). The van der Waals surface area contributed by atoms with Gasteiger partial charge in [-0.15, -0.1) is 0 Å². The van der Waals surface area contributed by atoms with E-state index in [9.17, 15) is 18.0 Å². The number of methoxy groups -OCH3 is 1. The summed E-state index contributed by atoms with van der Waals surface area (Å²) in [5.41, 5.74) is 0.590. The minimum atomic E-state index is -4.77. The van der Waals surface area contributed by atoms with Crippen molar-refractivity contribution >= 4 is 12.0 Å². The van der Waals surface area contributed by atoms with Crippen LogP contribution in [-0.4, -0.2) is 28.8 Å². The van der Waals surface area contributed by atoms with Gasteiger partial charge >= 0.3 is 12.1 Å². The summed E-state index contributed by atoms with van der Waals surface area (Å²) in [6.07, 6.45) is -2.38. The van der Waals surface area contributed by atoms with Crippen molar-refractivity contribution in [2.75, 3.05) is 7.11 Å². The van der Waals surface area contributed by atoms with Gasteiger partial charge in [-0.2, -0.15) is 13.2 Å². The van der Waals surface area contributed by atoms with E-state index in [1.807, 2.05) is 0 Å². The van der Waals surface area contributed by atoms with Crippen molar-refractivity contribution in [1.29, 1.82) is 0 Å². The van der Waals surface area contributed by atoms with Crippen LogP contribution in [0.2, 0.25) is 0 Å². The highest BCUT2D eigenvalue weighted by Gasteiger charge is 2.46. The van der Waals surface area contributed by atoms with Crippen molar-refractivity contribution in [3.05, 3.63) is 54.1 Å². The molecule has 0 saturated carbocycles. The zero-order chi connectivity index (χ0) is 17.7. The Morgan fingerprint density at radius 2 is 2.12 bits per heavy atom. The lowest BCUT2D eigenvalue weighted by Gasteiger charge is -2.19. The highest BCUT2D eigenvalue weighted by molar-refractivity contribution is 5.87. The number of benzene rings is 1. The molecule has 1 aromatic heterocycles. The molecule has 1 unspecified atom stereocenters. The van der Waals surface area contributed by atoms with Crippen LogP contribution in [0.25, 0.3) is 6.08 Å². The fraction of sp³-hybridized carbons (Fsp3) is 0.250. The first-order valence-electron chi connectivity index (χ1n) is 6.88. The van der Waals surface area contributed by atoms with Crippen LogP contribution in [0, 0.1) is 0 Å². The molecule has 1 heterocycles. The maximum atomic E-state index is 13.1. The van der Waals surface area contributed by atoms with Gasteiger partial charge in [0.2, 0.25) is 0 Å². The first-order chi connectivity index (χ1) is 11.3. The molecule has 5 nitrogen and oxygen atoms in total. The normalized spacial score (nSPS) is 13.0. The van der Waals surface area contributed by atoms with Crippen molar-refractivity contribution in [1.82, 2.24) is 9.55 Å². The largest absolute Gasteiger partial charge is 0.497 e. The minimum Gasteiger partial charge on any atom is -0.497 e. The average Bonchev–Trinajstić information content (AvgIpc) is 2.95. The van der Waals surface area contributed by atoms with E-state index in [2.05, 4.69) is 9.72 Å². The lowest BCUT2D eigenvalue weighted by molar-refractivity contribution is -0.223. The van der Waals surface area contributed by atoms with E-state index in [1.165, 1.54) is 32.6 Å². The molecule has 0 aliphatic rings. The first kappa shape index (κ1) is 17.6. The molecule has 2 aromatic rings. The van der Waals surface area contributed by atoms with Gasteiger partial charge in [0, 0.05) is 25.5 Å². The zero-order valence-electron chi connectivity index (χ0n) is 12.9. The fourth-order valence-corrected chi connectivity index (χ4v) is 1.96. The Morgan fingerprint density at radius 3 is 2.71 bits per heavy atom. The van der Waals surface area contributed by atoms with Gasteiger partial charge in [-0.1, -0.05) is 12.1 Å². The number of alkyl halides is 3. The van der Waals surface area contributed by atoms with Crippen LogP contribution >= 0.6 is 0 Å². The van der Waals surface area contributed by atoms with Gasteiger partial charge in [-0.05, 0) is 23.8 Å². The van der Waals surface area contributed by atoms with Crippen LogP contribution in [0.4, 0.5) is 13.2 Å². The van der Waals surface area contributed by atoms with Gasteiger partial charge in [-0.3, -0.25) is 0 Å². The van der Waals surface area contributed by atoms with Crippen LogP contribution in [-0.2, 0) is 16.6 Å². The summed E-state index contributed by atoms with van der Waals surface area (Å²) < 4.78 is 50.1. The summed E-state index contributed by atoms with van der Waals surface area (Å²) in [4.78, 5) is 15.4. The second-order valence-corrected chi connectivity index (χ2v) is 4.86. The third-order valence-electron chi connectivity index (χ3n) is 3.13. The molecule has 0 spiro atoms. The van der Waals surface area contributed by atoms with Crippen molar-refractivity contribution in [2.45, 2.75) is 12.3 Å². The van der Waals surface area contributed by atoms with Crippen LogP contribution in [0.5, 0.6) is 5.75 Å². The summed E-state index contributed by atoms with van der Waals surface area (Å²) in [5, 5.41) is 0. The van der Waals surface area contributed by atoms with E-state index >= 15 is 0 Å². The maximum absolute atomic E-state index is 13.1. The van der Waals surface area contributed by atoms with Gasteiger partial charge < -0.3 is 14.0 Å². The number of imidazole rings is 1. The molecule has 0 amide bonds. The van der Waals surface area contributed by atoms with Crippen molar-refractivity contribution in [2.24, 2.45) is 7.05 Å². The standard InChI is InChI=1S/C16H15F3N2O3/c1-21-9-8-20-15(21)14(16(17,18)19)24-13(22)7-6-11-4-3-5-12(10-11)23-2/h3-10,14H,1-2H3/b7-6+. The van der Waals surface area contributed by atoms with E-state index in [0.29, 0.717) is 11.3 Å². The third-order valence-corrected chi connectivity index (χ3v) is 3.13.